The lowest BCUT2D eigenvalue weighted by molar-refractivity contribution is 0.404. The molecule has 0 aliphatic rings. The Morgan fingerprint density at radius 2 is 2.11 bits per heavy atom. The van der Waals surface area contributed by atoms with Crippen molar-refractivity contribution in [2.75, 3.05) is 7.11 Å². The third kappa shape index (κ3) is 3.50. The molecule has 0 fully saturated rings. The Morgan fingerprint density at radius 1 is 1.37 bits per heavy atom. The van der Waals surface area contributed by atoms with E-state index in [0.717, 1.165) is 15.8 Å². The first-order chi connectivity index (χ1) is 9.24. The summed E-state index contributed by atoms with van der Waals surface area (Å²) in [6.45, 7) is 0. The monoisotopic (exact) mass is 322 g/mol. The number of hydrogen-bond acceptors (Lipinski definition) is 5. The van der Waals surface area contributed by atoms with Gasteiger partial charge in [0.25, 0.3) is 0 Å². The molecule has 2 aromatic rings. The Bertz CT molecular complexity index is 535. The van der Waals surface area contributed by atoms with Crippen LogP contribution in [0.2, 0.25) is 0 Å². The van der Waals surface area contributed by atoms with E-state index in [-0.39, 0.29) is 6.04 Å². The van der Waals surface area contributed by atoms with Crippen molar-refractivity contribution in [3.8, 4) is 5.75 Å². The summed E-state index contributed by atoms with van der Waals surface area (Å²) < 4.78 is 6.34. The minimum atomic E-state index is -0.163. The molecule has 0 aliphatic heterocycles. The number of methoxy groups -OCH3 is 1. The lowest BCUT2D eigenvalue weighted by Gasteiger charge is -2.16. The predicted molar refractivity (Wildman–Crippen MR) is 76.5 cm³/mol. The summed E-state index contributed by atoms with van der Waals surface area (Å²) in [7, 11) is 1.65. The Kier molecular flexibility index (Phi) is 4.84. The number of rotatable bonds is 5. The predicted octanol–water partition coefficient (Wildman–Crippen LogP) is 1.99. The summed E-state index contributed by atoms with van der Waals surface area (Å²) in [4.78, 5) is 8.44. The molecule has 0 spiro atoms. The van der Waals surface area contributed by atoms with Crippen molar-refractivity contribution >= 4 is 15.9 Å². The highest BCUT2D eigenvalue weighted by molar-refractivity contribution is 9.10. The zero-order valence-corrected chi connectivity index (χ0v) is 12.1. The van der Waals surface area contributed by atoms with Gasteiger partial charge in [-0.3, -0.25) is 5.84 Å². The van der Waals surface area contributed by atoms with E-state index in [4.69, 9.17) is 10.6 Å². The molecule has 19 heavy (non-hydrogen) atoms. The maximum Gasteiger partial charge on any atom is 0.146 e. The Hall–Kier alpha value is -1.50. The molecule has 1 aromatic heterocycles. The number of halogens is 1. The number of nitrogens with one attached hydrogen (secondary N) is 1. The van der Waals surface area contributed by atoms with Crippen LogP contribution in [0.3, 0.4) is 0 Å². The molecule has 2 rings (SSSR count). The fourth-order valence-electron chi connectivity index (χ4n) is 1.84. The molecule has 5 nitrogen and oxygen atoms in total. The summed E-state index contributed by atoms with van der Waals surface area (Å²) in [6, 6.07) is 7.47. The number of nitrogens with two attached hydrogens (primary N) is 1. The quantitative estimate of drug-likeness (QED) is 0.650. The van der Waals surface area contributed by atoms with Crippen LogP contribution in [0, 0.1) is 0 Å². The molecule has 1 aromatic carbocycles. The van der Waals surface area contributed by atoms with Gasteiger partial charge in [-0.1, -0.05) is 15.9 Å². The molecule has 1 heterocycles. The van der Waals surface area contributed by atoms with Gasteiger partial charge < -0.3 is 4.74 Å². The zero-order valence-electron chi connectivity index (χ0n) is 10.5. The van der Waals surface area contributed by atoms with Crippen molar-refractivity contribution in [3.05, 3.63) is 52.5 Å². The molecular weight excluding hydrogens is 308 g/mol. The first kappa shape index (κ1) is 13.9. The van der Waals surface area contributed by atoms with Gasteiger partial charge >= 0.3 is 0 Å². The summed E-state index contributed by atoms with van der Waals surface area (Å²) in [5.74, 6) is 7.08. The van der Waals surface area contributed by atoms with E-state index in [1.807, 2.05) is 18.2 Å². The van der Waals surface area contributed by atoms with Crippen LogP contribution in [0.25, 0.3) is 0 Å². The molecule has 6 heteroatoms. The third-order valence-corrected chi connectivity index (χ3v) is 3.26. The van der Waals surface area contributed by atoms with Crippen molar-refractivity contribution in [1.82, 2.24) is 15.4 Å². The molecule has 0 bridgehead atoms. The van der Waals surface area contributed by atoms with Crippen LogP contribution < -0.4 is 16.0 Å². The second-order valence-corrected chi connectivity index (χ2v) is 4.90. The molecule has 0 saturated heterocycles. The van der Waals surface area contributed by atoms with Gasteiger partial charge in [0.2, 0.25) is 0 Å². The van der Waals surface area contributed by atoms with Crippen LogP contribution >= 0.6 is 15.9 Å². The fraction of sp³-hybridized carbons (Fsp3) is 0.231. The smallest absolute Gasteiger partial charge is 0.146 e. The van der Waals surface area contributed by atoms with Gasteiger partial charge in [0, 0.05) is 16.9 Å². The first-order valence-electron chi connectivity index (χ1n) is 5.80. The van der Waals surface area contributed by atoms with Gasteiger partial charge in [0.05, 0.1) is 13.2 Å². The number of hydrogen-bond donors (Lipinski definition) is 2. The molecule has 1 atom stereocenters. The Labute approximate surface area is 120 Å². The highest BCUT2D eigenvalue weighted by atomic mass is 79.9. The molecule has 0 saturated carbocycles. The van der Waals surface area contributed by atoms with Crippen LogP contribution in [-0.2, 0) is 6.42 Å². The van der Waals surface area contributed by atoms with Crippen molar-refractivity contribution in [2.45, 2.75) is 12.5 Å². The average molecular weight is 323 g/mol. The second-order valence-electron chi connectivity index (χ2n) is 3.99. The van der Waals surface area contributed by atoms with E-state index in [9.17, 15) is 0 Å². The number of aromatic nitrogens is 2. The summed E-state index contributed by atoms with van der Waals surface area (Å²) in [6.07, 6.45) is 4.04. The van der Waals surface area contributed by atoms with E-state index in [0.29, 0.717) is 12.2 Å². The summed E-state index contributed by atoms with van der Waals surface area (Å²) in [5, 5.41) is 0. The molecule has 0 amide bonds. The molecular formula is C13H15BrN4O. The van der Waals surface area contributed by atoms with Crippen LogP contribution in [0.4, 0.5) is 0 Å². The second kappa shape index (κ2) is 6.60. The van der Waals surface area contributed by atoms with Crippen LogP contribution in [0.15, 0.2) is 41.1 Å². The van der Waals surface area contributed by atoms with E-state index in [1.54, 1.807) is 25.6 Å². The molecule has 0 aliphatic carbocycles. The summed E-state index contributed by atoms with van der Waals surface area (Å²) in [5.41, 5.74) is 3.78. The van der Waals surface area contributed by atoms with Crippen molar-refractivity contribution in [1.29, 1.82) is 0 Å². The maximum absolute atomic E-state index is 5.60. The SMILES string of the molecule is COc1ccc(Br)cc1CC(NN)c1ncccn1. The van der Waals surface area contributed by atoms with Gasteiger partial charge in [-0.25, -0.2) is 15.4 Å². The van der Waals surface area contributed by atoms with E-state index in [1.165, 1.54) is 0 Å². The van der Waals surface area contributed by atoms with E-state index < -0.39 is 0 Å². The minimum Gasteiger partial charge on any atom is -0.496 e. The Morgan fingerprint density at radius 3 is 2.74 bits per heavy atom. The largest absolute Gasteiger partial charge is 0.496 e. The van der Waals surface area contributed by atoms with Crippen LogP contribution in [0.5, 0.6) is 5.75 Å². The standard InChI is InChI=1S/C13H15BrN4O/c1-19-12-4-3-10(14)7-9(12)8-11(18-15)13-16-5-2-6-17-13/h2-7,11,18H,8,15H2,1H3. The fourth-order valence-corrected chi connectivity index (χ4v) is 2.25. The minimum absolute atomic E-state index is 0.163. The molecule has 0 radical (unpaired) electrons. The number of benzene rings is 1. The maximum atomic E-state index is 5.60. The zero-order chi connectivity index (χ0) is 13.7. The molecule has 3 N–H and O–H groups in total. The summed E-state index contributed by atoms with van der Waals surface area (Å²) >= 11 is 3.46. The van der Waals surface area contributed by atoms with Gasteiger partial charge in [-0.05, 0) is 36.2 Å². The van der Waals surface area contributed by atoms with Gasteiger partial charge in [-0.2, -0.15) is 0 Å². The van der Waals surface area contributed by atoms with Gasteiger partial charge in [-0.15, -0.1) is 0 Å². The topological polar surface area (TPSA) is 73.1 Å². The lowest BCUT2D eigenvalue weighted by Crippen LogP contribution is -2.31. The van der Waals surface area contributed by atoms with Gasteiger partial charge in [0.1, 0.15) is 11.6 Å². The first-order valence-corrected chi connectivity index (χ1v) is 6.59. The van der Waals surface area contributed by atoms with E-state index in [2.05, 4.69) is 31.3 Å². The van der Waals surface area contributed by atoms with Gasteiger partial charge in [0.15, 0.2) is 0 Å². The Balaban J connectivity index is 2.26. The van der Waals surface area contributed by atoms with Crippen LogP contribution in [-0.4, -0.2) is 17.1 Å². The molecule has 1 unspecified atom stereocenters. The normalized spacial score (nSPS) is 12.2. The third-order valence-electron chi connectivity index (χ3n) is 2.77. The van der Waals surface area contributed by atoms with Crippen molar-refractivity contribution in [2.24, 2.45) is 5.84 Å². The number of ether oxygens (including phenoxy) is 1. The highest BCUT2D eigenvalue weighted by Crippen LogP contribution is 2.26. The van der Waals surface area contributed by atoms with Crippen molar-refractivity contribution in [3.63, 3.8) is 0 Å². The number of nitrogens with zero attached hydrogens (tertiary/aromatic N) is 2. The van der Waals surface area contributed by atoms with Crippen molar-refractivity contribution < 1.29 is 4.74 Å². The van der Waals surface area contributed by atoms with E-state index >= 15 is 0 Å². The number of hydrazine groups is 1. The molecule has 100 valence electrons. The lowest BCUT2D eigenvalue weighted by atomic mass is 10.0. The average Bonchev–Trinajstić information content (AvgIpc) is 2.46. The highest BCUT2D eigenvalue weighted by Gasteiger charge is 2.16. The van der Waals surface area contributed by atoms with Crippen LogP contribution in [0.1, 0.15) is 17.4 Å².